The number of rotatable bonds is 3. The SMILES string of the molecule is CCN1CCC(Nc2ccc(C)cc2C#N)CC1. The normalized spacial score (nSPS) is 17.4. The van der Waals surface area contributed by atoms with Gasteiger partial charge >= 0.3 is 0 Å². The van der Waals surface area contributed by atoms with E-state index in [1.165, 1.54) is 0 Å². The first-order valence-corrected chi connectivity index (χ1v) is 6.72. The van der Waals surface area contributed by atoms with E-state index in [9.17, 15) is 0 Å². The summed E-state index contributed by atoms with van der Waals surface area (Å²) in [4.78, 5) is 2.47. The van der Waals surface area contributed by atoms with Gasteiger partial charge in [0.25, 0.3) is 0 Å². The van der Waals surface area contributed by atoms with Crippen molar-refractivity contribution in [3.8, 4) is 6.07 Å². The summed E-state index contributed by atoms with van der Waals surface area (Å²) in [5, 5.41) is 12.7. The van der Waals surface area contributed by atoms with Gasteiger partial charge in [-0.3, -0.25) is 0 Å². The summed E-state index contributed by atoms with van der Waals surface area (Å²) in [6.07, 6.45) is 2.32. The molecule has 0 aliphatic carbocycles. The summed E-state index contributed by atoms with van der Waals surface area (Å²) in [6.45, 7) is 7.68. The molecule has 96 valence electrons. The lowest BCUT2D eigenvalue weighted by Gasteiger charge is -2.32. The predicted octanol–water partition coefficient (Wildman–Crippen LogP) is 2.76. The Morgan fingerprint density at radius 1 is 1.39 bits per heavy atom. The lowest BCUT2D eigenvalue weighted by molar-refractivity contribution is 0.229. The van der Waals surface area contributed by atoms with Gasteiger partial charge in [-0.15, -0.1) is 0 Å². The van der Waals surface area contributed by atoms with Crippen LogP contribution in [0.5, 0.6) is 0 Å². The van der Waals surface area contributed by atoms with Crippen LogP contribution in [0.25, 0.3) is 0 Å². The van der Waals surface area contributed by atoms with Gasteiger partial charge < -0.3 is 10.2 Å². The van der Waals surface area contributed by atoms with Crippen LogP contribution in [0.4, 0.5) is 5.69 Å². The molecular weight excluding hydrogens is 222 g/mol. The van der Waals surface area contributed by atoms with Gasteiger partial charge in [-0.05, 0) is 44.0 Å². The molecule has 0 spiro atoms. The Kier molecular flexibility index (Phi) is 4.22. The largest absolute Gasteiger partial charge is 0.381 e. The van der Waals surface area contributed by atoms with Gasteiger partial charge in [0.15, 0.2) is 0 Å². The summed E-state index contributed by atoms with van der Waals surface area (Å²) >= 11 is 0. The van der Waals surface area contributed by atoms with E-state index in [1.54, 1.807) is 0 Å². The molecule has 0 amide bonds. The van der Waals surface area contributed by atoms with Crippen LogP contribution in [0.2, 0.25) is 0 Å². The number of anilines is 1. The first kappa shape index (κ1) is 12.9. The molecule has 1 aliphatic rings. The second-order valence-corrected chi connectivity index (χ2v) is 5.01. The van der Waals surface area contributed by atoms with Crippen LogP contribution in [0.3, 0.4) is 0 Å². The molecule has 1 aliphatic heterocycles. The standard InChI is InChI=1S/C15H21N3/c1-3-18-8-6-14(7-9-18)17-15-5-4-12(2)10-13(15)11-16/h4-5,10,14,17H,3,6-9H2,1-2H3. The highest BCUT2D eigenvalue weighted by Crippen LogP contribution is 2.21. The second-order valence-electron chi connectivity index (χ2n) is 5.01. The smallest absolute Gasteiger partial charge is 0.101 e. The molecular formula is C15H21N3. The van der Waals surface area contributed by atoms with E-state index in [0.717, 1.165) is 49.3 Å². The highest BCUT2D eigenvalue weighted by molar-refractivity contribution is 5.59. The molecule has 1 aromatic rings. The van der Waals surface area contributed by atoms with Crippen molar-refractivity contribution in [2.45, 2.75) is 32.7 Å². The molecule has 0 radical (unpaired) electrons. The molecule has 1 heterocycles. The number of likely N-dealkylation sites (tertiary alicyclic amines) is 1. The molecule has 0 atom stereocenters. The van der Waals surface area contributed by atoms with Gasteiger partial charge in [-0.2, -0.15) is 5.26 Å². The van der Waals surface area contributed by atoms with E-state index in [4.69, 9.17) is 5.26 Å². The van der Waals surface area contributed by atoms with Crippen molar-refractivity contribution in [3.63, 3.8) is 0 Å². The minimum Gasteiger partial charge on any atom is -0.381 e. The average molecular weight is 243 g/mol. The summed E-state index contributed by atoms with van der Waals surface area (Å²) in [5.41, 5.74) is 2.88. The fourth-order valence-corrected chi connectivity index (χ4v) is 2.49. The van der Waals surface area contributed by atoms with Crippen LogP contribution in [-0.4, -0.2) is 30.6 Å². The maximum absolute atomic E-state index is 9.15. The molecule has 18 heavy (non-hydrogen) atoms. The van der Waals surface area contributed by atoms with Crippen molar-refractivity contribution in [3.05, 3.63) is 29.3 Å². The van der Waals surface area contributed by atoms with Crippen LogP contribution >= 0.6 is 0 Å². The van der Waals surface area contributed by atoms with Crippen molar-refractivity contribution >= 4 is 5.69 Å². The fraction of sp³-hybridized carbons (Fsp3) is 0.533. The van der Waals surface area contributed by atoms with Crippen molar-refractivity contribution in [2.24, 2.45) is 0 Å². The third kappa shape index (κ3) is 3.02. The Morgan fingerprint density at radius 2 is 2.11 bits per heavy atom. The third-order valence-electron chi connectivity index (χ3n) is 3.69. The van der Waals surface area contributed by atoms with Crippen LogP contribution in [0.1, 0.15) is 30.9 Å². The number of aryl methyl sites for hydroxylation is 1. The molecule has 0 saturated carbocycles. The van der Waals surface area contributed by atoms with E-state index >= 15 is 0 Å². The minimum absolute atomic E-state index is 0.502. The number of hydrogen-bond acceptors (Lipinski definition) is 3. The summed E-state index contributed by atoms with van der Waals surface area (Å²) in [5.74, 6) is 0. The van der Waals surface area contributed by atoms with Crippen LogP contribution in [0, 0.1) is 18.3 Å². The summed E-state index contributed by atoms with van der Waals surface area (Å²) in [7, 11) is 0. The zero-order chi connectivity index (χ0) is 13.0. The third-order valence-corrected chi connectivity index (χ3v) is 3.69. The zero-order valence-electron chi connectivity index (χ0n) is 11.2. The Bertz CT molecular complexity index is 440. The number of nitriles is 1. The zero-order valence-corrected chi connectivity index (χ0v) is 11.2. The number of piperidine rings is 1. The highest BCUT2D eigenvalue weighted by atomic mass is 15.1. The lowest BCUT2D eigenvalue weighted by Crippen LogP contribution is -2.38. The molecule has 3 nitrogen and oxygen atoms in total. The van der Waals surface area contributed by atoms with Crippen LogP contribution in [0.15, 0.2) is 18.2 Å². The minimum atomic E-state index is 0.502. The molecule has 1 fully saturated rings. The lowest BCUT2D eigenvalue weighted by atomic mass is 10.0. The van der Waals surface area contributed by atoms with Gasteiger partial charge in [-0.25, -0.2) is 0 Å². The molecule has 1 N–H and O–H groups in total. The Hall–Kier alpha value is -1.53. The fourth-order valence-electron chi connectivity index (χ4n) is 2.49. The van der Waals surface area contributed by atoms with Crippen LogP contribution in [-0.2, 0) is 0 Å². The maximum atomic E-state index is 9.15. The average Bonchev–Trinajstić information content (AvgIpc) is 2.41. The first-order chi connectivity index (χ1) is 8.72. The molecule has 0 unspecified atom stereocenters. The summed E-state index contributed by atoms with van der Waals surface area (Å²) in [6, 6.07) is 8.81. The predicted molar refractivity (Wildman–Crippen MR) is 74.7 cm³/mol. The van der Waals surface area contributed by atoms with E-state index in [0.29, 0.717) is 6.04 Å². The van der Waals surface area contributed by atoms with E-state index in [2.05, 4.69) is 29.3 Å². The highest BCUT2D eigenvalue weighted by Gasteiger charge is 2.18. The number of benzene rings is 1. The van der Waals surface area contributed by atoms with Crippen molar-refractivity contribution in [1.29, 1.82) is 5.26 Å². The van der Waals surface area contributed by atoms with Gasteiger partial charge in [-0.1, -0.05) is 13.0 Å². The van der Waals surface area contributed by atoms with Crippen molar-refractivity contribution in [1.82, 2.24) is 4.90 Å². The molecule has 0 bridgehead atoms. The number of nitrogens with zero attached hydrogens (tertiary/aromatic N) is 2. The van der Waals surface area contributed by atoms with E-state index < -0.39 is 0 Å². The summed E-state index contributed by atoms with van der Waals surface area (Å²) < 4.78 is 0. The van der Waals surface area contributed by atoms with Gasteiger partial charge in [0.05, 0.1) is 11.3 Å². The Morgan fingerprint density at radius 3 is 2.72 bits per heavy atom. The molecule has 2 rings (SSSR count). The van der Waals surface area contributed by atoms with E-state index in [1.807, 2.05) is 19.1 Å². The molecule has 1 aromatic carbocycles. The first-order valence-electron chi connectivity index (χ1n) is 6.72. The Balaban J connectivity index is 2.00. The molecule has 0 aromatic heterocycles. The second kappa shape index (κ2) is 5.88. The van der Waals surface area contributed by atoms with Crippen LogP contribution < -0.4 is 5.32 Å². The van der Waals surface area contributed by atoms with Gasteiger partial charge in [0, 0.05) is 19.1 Å². The van der Waals surface area contributed by atoms with Crippen molar-refractivity contribution < 1.29 is 0 Å². The van der Waals surface area contributed by atoms with Crippen molar-refractivity contribution in [2.75, 3.05) is 25.0 Å². The maximum Gasteiger partial charge on any atom is 0.101 e. The topological polar surface area (TPSA) is 39.1 Å². The monoisotopic (exact) mass is 243 g/mol. The van der Waals surface area contributed by atoms with E-state index in [-0.39, 0.29) is 0 Å². The quantitative estimate of drug-likeness (QED) is 0.887. The number of nitrogens with one attached hydrogen (secondary N) is 1. The van der Waals surface area contributed by atoms with Gasteiger partial charge in [0.2, 0.25) is 0 Å². The molecule has 3 heteroatoms. The van der Waals surface area contributed by atoms with Gasteiger partial charge in [0.1, 0.15) is 6.07 Å². The molecule has 1 saturated heterocycles. The Labute approximate surface area is 109 Å². The number of hydrogen-bond donors (Lipinski definition) is 1.